The molecule has 1 amide bonds. The number of rotatable bonds is 11. The van der Waals surface area contributed by atoms with Crippen LogP contribution in [0.2, 0.25) is 0 Å². The number of fused-ring (bicyclic) bond motifs is 1. The van der Waals surface area contributed by atoms with Crippen LogP contribution in [0, 0.1) is 6.92 Å². The third kappa shape index (κ3) is 6.41. The summed E-state index contributed by atoms with van der Waals surface area (Å²) in [5.74, 6) is 1.11. The number of allylic oxidation sites excluding steroid dienone is 1. The molecule has 0 atom stereocenters. The van der Waals surface area contributed by atoms with Gasteiger partial charge in [-0.2, -0.15) is 0 Å². The maximum absolute atomic E-state index is 12.9. The Morgan fingerprint density at radius 2 is 1.97 bits per heavy atom. The van der Waals surface area contributed by atoms with Gasteiger partial charge in [0.05, 0.1) is 23.7 Å². The SMILES string of the molecule is C=CCn1c(CSc2ccc(C)cc2)nnc1SCC(=O)Nc1sc2c(c1C(=O)OCC)CCCC2. The highest BCUT2D eigenvalue weighted by Gasteiger charge is 2.27. The second-order valence-corrected chi connectivity index (χ2v) is 11.5. The van der Waals surface area contributed by atoms with E-state index in [2.05, 4.69) is 53.3 Å². The predicted molar refractivity (Wildman–Crippen MR) is 147 cm³/mol. The minimum Gasteiger partial charge on any atom is -0.462 e. The number of anilines is 1. The highest BCUT2D eigenvalue weighted by molar-refractivity contribution is 7.99. The molecule has 1 N–H and O–H groups in total. The molecule has 2 heterocycles. The first-order valence-corrected chi connectivity index (χ1v) is 14.8. The first kappa shape index (κ1) is 26.5. The van der Waals surface area contributed by atoms with Crippen LogP contribution in [-0.4, -0.2) is 39.0 Å². The number of amides is 1. The lowest BCUT2D eigenvalue weighted by Crippen LogP contribution is -2.17. The average Bonchev–Trinajstić information content (AvgIpc) is 3.43. The van der Waals surface area contributed by atoms with Crippen molar-refractivity contribution in [2.45, 2.75) is 61.9 Å². The predicted octanol–water partition coefficient (Wildman–Crippen LogP) is 5.91. The number of carbonyl (C=O) groups is 2. The minimum absolute atomic E-state index is 0.158. The normalized spacial score (nSPS) is 12.7. The van der Waals surface area contributed by atoms with Gasteiger partial charge in [-0.25, -0.2) is 4.79 Å². The summed E-state index contributed by atoms with van der Waals surface area (Å²) in [4.78, 5) is 27.9. The molecule has 4 rings (SSSR count). The Bertz CT molecular complexity index is 1230. The number of thiophene rings is 1. The van der Waals surface area contributed by atoms with Crippen LogP contribution < -0.4 is 5.32 Å². The number of hydrogen-bond acceptors (Lipinski definition) is 8. The molecule has 0 fully saturated rings. The van der Waals surface area contributed by atoms with E-state index in [1.54, 1.807) is 24.8 Å². The molecule has 0 bridgehead atoms. The van der Waals surface area contributed by atoms with E-state index in [-0.39, 0.29) is 17.6 Å². The van der Waals surface area contributed by atoms with Crippen LogP contribution in [0.1, 0.15) is 52.0 Å². The highest BCUT2D eigenvalue weighted by Crippen LogP contribution is 2.38. The number of nitrogens with zero attached hydrogens (tertiary/aromatic N) is 3. The number of aromatic nitrogens is 3. The first-order valence-electron chi connectivity index (χ1n) is 12.0. The lowest BCUT2D eigenvalue weighted by Gasteiger charge is -2.12. The number of esters is 1. The summed E-state index contributed by atoms with van der Waals surface area (Å²) in [6.07, 6.45) is 5.73. The van der Waals surface area contributed by atoms with E-state index in [9.17, 15) is 9.59 Å². The van der Waals surface area contributed by atoms with E-state index in [0.29, 0.717) is 34.6 Å². The Labute approximate surface area is 224 Å². The molecular weight excluding hydrogens is 513 g/mol. The Balaban J connectivity index is 1.42. The molecule has 2 aromatic heterocycles. The molecule has 1 aliphatic carbocycles. The fraction of sp³-hybridized carbons (Fsp3) is 0.385. The summed E-state index contributed by atoms with van der Waals surface area (Å²) in [5, 5.41) is 12.9. The van der Waals surface area contributed by atoms with Gasteiger partial charge in [-0.1, -0.05) is 35.5 Å². The summed E-state index contributed by atoms with van der Waals surface area (Å²) in [7, 11) is 0. The van der Waals surface area contributed by atoms with Crippen molar-refractivity contribution in [2.24, 2.45) is 0 Å². The van der Waals surface area contributed by atoms with E-state index >= 15 is 0 Å². The molecule has 3 aromatic rings. The van der Waals surface area contributed by atoms with Crippen LogP contribution >= 0.6 is 34.9 Å². The largest absolute Gasteiger partial charge is 0.462 e. The third-order valence-corrected chi connectivity index (χ3v) is 8.91. The molecule has 0 saturated heterocycles. The van der Waals surface area contributed by atoms with Crippen molar-refractivity contribution in [2.75, 3.05) is 17.7 Å². The van der Waals surface area contributed by atoms with Crippen molar-refractivity contribution in [3.63, 3.8) is 0 Å². The summed E-state index contributed by atoms with van der Waals surface area (Å²) in [6.45, 7) is 8.58. The van der Waals surface area contributed by atoms with Crippen molar-refractivity contribution >= 4 is 51.7 Å². The van der Waals surface area contributed by atoms with Gasteiger partial charge in [-0.3, -0.25) is 4.79 Å². The first-order chi connectivity index (χ1) is 17.5. The van der Waals surface area contributed by atoms with Crippen molar-refractivity contribution in [1.82, 2.24) is 14.8 Å². The van der Waals surface area contributed by atoms with Gasteiger partial charge in [-0.05, 0) is 57.2 Å². The van der Waals surface area contributed by atoms with Gasteiger partial charge >= 0.3 is 5.97 Å². The Morgan fingerprint density at radius 1 is 1.19 bits per heavy atom. The molecule has 1 aromatic carbocycles. The lowest BCUT2D eigenvalue weighted by atomic mass is 9.95. The summed E-state index contributed by atoms with van der Waals surface area (Å²) in [6, 6.07) is 8.38. The molecule has 190 valence electrons. The summed E-state index contributed by atoms with van der Waals surface area (Å²) in [5.41, 5.74) is 2.79. The molecular formula is C26H30N4O3S3. The maximum atomic E-state index is 12.9. The van der Waals surface area contributed by atoms with Gasteiger partial charge in [0, 0.05) is 16.3 Å². The van der Waals surface area contributed by atoms with Crippen LogP contribution in [-0.2, 0) is 34.7 Å². The Hall–Kier alpha value is -2.56. The fourth-order valence-corrected chi connectivity index (χ4v) is 6.89. The lowest BCUT2D eigenvalue weighted by molar-refractivity contribution is -0.113. The quantitative estimate of drug-likeness (QED) is 0.183. The second-order valence-electron chi connectivity index (χ2n) is 8.37. The van der Waals surface area contributed by atoms with Crippen molar-refractivity contribution in [3.8, 4) is 0 Å². The van der Waals surface area contributed by atoms with Crippen LogP contribution in [0.15, 0.2) is 47.0 Å². The van der Waals surface area contributed by atoms with Gasteiger partial charge in [0.2, 0.25) is 5.91 Å². The van der Waals surface area contributed by atoms with E-state index in [1.807, 2.05) is 4.57 Å². The number of hydrogen-bond donors (Lipinski definition) is 1. The van der Waals surface area contributed by atoms with Crippen molar-refractivity contribution in [3.05, 3.63) is 64.3 Å². The standard InChI is InChI=1S/C26H30N4O3S3/c1-4-14-30-21(15-34-18-12-10-17(3)11-13-18)28-29-26(30)35-16-22(31)27-24-23(25(32)33-5-2)19-8-6-7-9-20(19)36-24/h4,10-13H,1,5-9,14-16H2,2-3H3,(H,27,31). The molecule has 1 aliphatic rings. The second kappa shape index (κ2) is 12.6. The average molecular weight is 543 g/mol. The van der Waals surface area contributed by atoms with Crippen LogP contribution in [0.3, 0.4) is 0 Å². The molecule has 0 saturated carbocycles. The zero-order valence-electron chi connectivity index (χ0n) is 20.5. The molecule has 10 heteroatoms. The van der Waals surface area contributed by atoms with Crippen LogP contribution in [0.4, 0.5) is 5.00 Å². The molecule has 0 spiro atoms. The Morgan fingerprint density at radius 3 is 2.72 bits per heavy atom. The van der Waals surface area contributed by atoms with Crippen molar-refractivity contribution in [1.29, 1.82) is 0 Å². The van der Waals surface area contributed by atoms with E-state index < -0.39 is 0 Å². The number of nitrogens with one attached hydrogen (secondary N) is 1. The smallest absolute Gasteiger partial charge is 0.341 e. The molecule has 7 nitrogen and oxygen atoms in total. The zero-order valence-corrected chi connectivity index (χ0v) is 23.0. The van der Waals surface area contributed by atoms with Gasteiger partial charge in [0.15, 0.2) is 5.16 Å². The molecule has 0 aliphatic heterocycles. The molecule has 36 heavy (non-hydrogen) atoms. The summed E-state index contributed by atoms with van der Waals surface area (Å²) >= 11 is 4.52. The summed E-state index contributed by atoms with van der Waals surface area (Å²) < 4.78 is 7.27. The van der Waals surface area contributed by atoms with Gasteiger partial charge < -0.3 is 14.6 Å². The maximum Gasteiger partial charge on any atom is 0.341 e. The molecule has 0 radical (unpaired) electrons. The highest BCUT2D eigenvalue weighted by atomic mass is 32.2. The number of benzene rings is 1. The third-order valence-electron chi connectivity index (χ3n) is 5.73. The zero-order chi connectivity index (χ0) is 25.5. The molecule has 0 unspecified atom stereocenters. The minimum atomic E-state index is -0.360. The number of ether oxygens (including phenoxy) is 1. The van der Waals surface area contributed by atoms with E-state index in [1.165, 1.54) is 38.4 Å². The van der Waals surface area contributed by atoms with Gasteiger partial charge in [-0.15, -0.1) is 39.9 Å². The van der Waals surface area contributed by atoms with Crippen molar-refractivity contribution < 1.29 is 14.3 Å². The van der Waals surface area contributed by atoms with E-state index in [4.69, 9.17) is 4.74 Å². The van der Waals surface area contributed by atoms with Gasteiger partial charge in [0.25, 0.3) is 0 Å². The number of aryl methyl sites for hydroxylation is 2. The number of thioether (sulfide) groups is 2. The Kier molecular flexibility index (Phi) is 9.28. The van der Waals surface area contributed by atoms with E-state index in [0.717, 1.165) is 37.1 Å². The van der Waals surface area contributed by atoms with Crippen LogP contribution in [0.25, 0.3) is 0 Å². The monoisotopic (exact) mass is 542 g/mol. The van der Waals surface area contributed by atoms with Crippen LogP contribution in [0.5, 0.6) is 0 Å². The number of carbonyl (C=O) groups excluding carboxylic acids is 2. The van der Waals surface area contributed by atoms with Gasteiger partial charge in [0.1, 0.15) is 10.8 Å². The fourth-order valence-electron chi connectivity index (χ4n) is 3.99. The topological polar surface area (TPSA) is 86.1 Å².